The molecule has 1 aliphatic carbocycles. The van der Waals surface area contributed by atoms with Crippen LogP contribution in [0.3, 0.4) is 0 Å². The predicted molar refractivity (Wildman–Crippen MR) is 84.9 cm³/mol. The van der Waals surface area contributed by atoms with E-state index in [0.717, 1.165) is 16.6 Å². The van der Waals surface area contributed by atoms with Crippen molar-refractivity contribution in [3.63, 3.8) is 0 Å². The van der Waals surface area contributed by atoms with Gasteiger partial charge in [0.05, 0.1) is 12.0 Å². The maximum Gasteiger partial charge on any atom is 0.227 e. The standard InChI is InChI=1S/C16H16BrN3O2/c17-12-3-1-4-13(8-12)20-9-11(7-14(20)21)15(22)19-16(10-18)5-2-6-16/h1,3-4,8,11H,2,5-7,9H2,(H,19,22). The number of hydrogen-bond donors (Lipinski definition) is 1. The van der Waals surface area contributed by atoms with Gasteiger partial charge in [0.2, 0.25) is 11.8 Å². The van der Waals surface area contributed by atoms with Crippen molar-refractivity contribution in [3.8, 4) is 6.07 Å². The van der Waals surface area contributed by atoms with Crippen LogP contribution < -0.4 is 10.2 Å². The summed E-state index contributed by atoms with van der Waals surface area (Å²) in [5, 5.41) is 12.0. The molecule has 22 heavy (non-hydrogen) atoms. The molecular formula is C16H16BrN3O2. The van der Waals surface area contributed by atoms with Crippen LogP contribution in [-0.2, 0) is 9.59 Å². The average molecular weight is 362 g/mol. The third-order valence-corrected chi connectivity index (χ3v) is 4.89. The van der Waals surface area contributed by atoms with Gasteiger partial charge in [-0.05, 0) is 37.5 Å². The molecule has 0 aromatic heterocycles. The first-order valence-corrected chi connectivity index (χ1v) is 8.11. The minimum absolute atomic E-state index is 0.0575. The summed E-state index contributed by atoms with van der Waals surface area (Å²) in [6.07, 6.45) is 2.55. The third kappa shape index (κ3) is 2.73. The number of rotatable bonds is 3. The summed E-state index contributed by atoms with van der Waals surface area (Å²) in [7, 11) is 0. The topological polar surface area (TPSA) is 73.2 Å². The minimum atomic E-state index is -0.705. The van der Waals surface area contributed by atoms with Crippen LogP contribution in [0.25, 0.3) is 0 Å². The lowest BCUT2D eigenvalue weighted by molar-refractivity contribution is -0.128. The highest BCUT2D eigenvalue weighted by Crippen LogP contribution is 2.33. The van der Waals surface area contributed by atoms with Crippen LogP contribution in [-0.4, -0.2) is 23.9 Å². The number of carbonyl (C=O) groups is 2. The van der Waals surface area contributed by atoms with Crippen LogP contribution in [0.15, 0.2) is 28.7 Å². The van der Waals surface area contributed by atoms with Gasteiger partial charge >= 0.3 is 0 Å². The van der Waals surface area contributed by atoms with E-state index in [9.17, 15) is 14.9 Å². The van der Waals surface area contributed by atoms with Gasteiger partial charge in [0, 0.05) is 23.1 Å². The van der Waals surface area contributed by atoms with Crippen molar-refractivity contribution in [1.29, 1.82) is 5.26 Å². The molecule has 0 radical (unpaired) electrons. The smallest absolute Gasteiger partial charge is 0.227 e. The summed E-state index contributed by atoms with van der Waals surface area (Å²) >= 11 is 3.39. The number of carbonyl (C=O) groups excluding carboxylic acids is 2. The van der Waals surface area contributed by atoms with Crippen molar-refractivity contribution < 1.29 is 9.59 Å². The maximum absolute atomic E-state index is 12.4. The highest BCUT2D eigenvalue weighted by molar-refractivity contribution is 9.10. The van der Waals surface area contributed by atoms with Gasteiger partial charge in [0.1, 0.15) is 5.54 Å². The fourth-order valence-corrected chi connectivity index (χ4v) is 3.30. The molecule has 0 bridgehead atoms. The monoisotopic (exact) mass is 361 g/mol. The maximum atomic E-state index is 12.4. The minimum Gasteiger partial charge on any atom is -0.338 e. The van der Waals surface area contributed by atoms with Crippen LogP contribution in [0.4, 0.5) is 5.69 Å². The number of halogens is 1. The summed E-state index contributed by atoms with van der Waals surface area (Å²) in [6, 6.07) is 9.66. The van der Waals surface area contributed by atoms with Gasteiger partial charge in [-0.25, -0.2) is 0 Å². The molecule has 6 heteroatoms. The Labute approximate surface area is 137 Å². The van der Waals surface area contributed by atoms with Gasteiger partial charge in [0.25, 0.3) is 0 Å². The summed E-state index contributed by atoms with van der Waals surface area (Å²) < 4.78 is 0.892. The van der Waals surface area contributed by atoms with E-state index in [2.05, 4.69) is 27.3 Å². The van der Waals surface area contributed by atoms with Crippen molar-refractivity contribution in [3.05, 3.63) is 28.7 Å². The Morgan fingerprint density at radius 3 is 2.82 bits per heavy atom. The zero-order valence-electron chi connectivity index (χ0n) is 12.0. The molecule has 5 nitrogen and oxygen atoms in total. The van der Waals surface area contributed by atoms with Gasteiger partial charge in [-0.2, -0.15) is 5.26 Å². The van der Waals surface area contributed by atoms with Gasteiger partial charge in [0.15, 0.2) is 0 Å². The van der Waals surface area contributed by atoms with Gasteiger partial charge in [-0.3, -0.25) is 9.59 Å². The normalized spacial score (nSPS) is 22.8. The lowest BCUT2D eigenvalue weighted by atomic mass is 9.77. The predicted octanol–water partition coefficient (Wildman–Crippen LogP) is 2.36. The molecule has 3 rings (SSSR count). The first kappa shape index (κ1) is 15.0. The molecular weight excluding hydrogens is 346 g/mol. The molecule has 1 atom stereocenters. The zero-order valence-corrected chi connectivity index (χ0v) is 13.6. The first-order chi connectivity index (χ1) is 10.5. The number of amides is 2. The van der Waals surface area contributed by atoms with Crippen molar-refractivity contribution in [2.75, 3.05) is 11.4 Å². The van der Waals surface area contributed by atoms with Crippen LogP contribution in [0.2, 0.25) is 0 Å². The number of nitrogens with zero attached hydrogens (tertiary/aromatic N) is 2. The fourth-order valence-electron chi connectivity index (χ4n) is 2.91. The Morgan fingerprint density at radius 2 is 2.23 bits per heavy atom. The second-order valence-corrected chi connectivity index (χ2v) is 6.84. The van der Waals surface area contributed by atoms with E-state index in [0.29, 0.717) is 19.4 Å². The molecule has 2 amide bonds. The third-order valence-electron chi connectivity index (χ3n) is 4.40. The summed E-state index contributed by atoms with van der Waals surface area (Å²) in [6.45, 7) is 0.364. The molecule has 2 aliphatic rings. The average Bonchev–Trinajstić information content (AvgIpc) is 2.85. The number of benzene rings is 1. The van der Waals surface area contributed by atoms with Crippen LogP contribution in [0.5, 0.6) is 0 Å². The largest absolute Gasteiger partial charge is 0.338 e. The Hall–Kier alpha value is -1.87. The summed E-state index contributed by atoms with van der Waals surface area (Å²) in [5.74, 6) is -0.637. The van der Waals surface area contributed by atoms with E-state index in [4.69, 9.17) is 0 Å². The molecule has 1 aliphatic heterocycles. The fraction of sp³-hybridized carbons (Fsp3) is 0.438. The molecule has 1 unspecified atom stereocenters. The number of hydrogen-bond acceptors (Lipinski definition) is 3. The Morgan fingerprint density at radius 1 is 1.45 bits per heavy atom. The Kier molecular flexibility index (Phi) is 3.92. The number of nitrogens with one attached hydrogen (secondary N) is 1. The van der Waals surface area contributed by atoms with Gasteiger partial charge < -0.3 is 10.2 Å². The lowest BCUT2D eigenvalue weighted by Gasteiger charge is -2.36. The molecule has 114 valence electrons. The Balaban J connectivity index is 1.69. The van der Waals surface area contributed by atoms with Gasteiger partial charge in [-0.15, -0.1) is 0 Å². The SMILES string of the molecule is N#CC1(NC(=O)C2CC(=O)N(c3cccc(Br)c3)C2)CCC1. The highest BCUT2D eigenvalue weighted by atomic mass is 79.9. The molecule has 1 heterocycles. The van der Waals surface area contributed by atoms with Crippen LogP contribution in [0.1, 0.15) is 25.7 Å². The summed E-state index contributed by atoms with van der Waals surface area (Å²) in [5.41, 5.74) is 0.0804. The van der Waals surface area contributed by atoms with Crippen LogP contribution in [0, 0.1) is 17.2 Å². The zero-order chi connectivity index (χ0) is 15.7. The van der Waals surface area contributed by atoms with E-state index < -0.39 is 11.5 Å². The molecule has 1 aromatic rings. The van der Waals surface area contributed by atoms with Crippen molar-refractivity contribution in [2.24, 2.45) is 5.92 Å². The van der Waals surface area contributed by atoms with Gasteiger partial charge in [-0.1, -0.05) is 22.0 Å². The second kappa shape index (κ2) is 5.73. The molecule has 1 aromatic carbocycles. The van der Waals surface area contributed by atoms with Crippen molar-refractivity contribution in [1.82, 2.24) is 5.32 Å². The van der Waals surface area contributed by atoms with E-state index in [1.54, 1.807) is 4.90 Å². The van der Waals surface area contributed by atoms with Crippen molar-refractivity contribution in [2.45, 2.75) is 31.2 Å². The number of nitriles is 1. The first-order valence-electron chi connectivity index (χ1n) is 7.32. The van der Waals surface area contributed by atoms with Crippen LogP contribution >= 0.6 is 15.9 Å². The highest BCUT2D eigenvalue weighted by Gasteiger charge is 2.42. The molecule has 0 spiro atoms. The molecule has 1 N–H and O–H groups in total. The van der Waals surface area contributed by atoms with E-state index >= 15 is 0 Å². The molecule has 2 fully saturated rings. The summed E-state index contributed by atoms with van der Waals surface area (Å²) in [4.78, 5) is 26.2. The van der Waals surface area contributed by atoms with Crippen molar-refractivity contribution >= 4 is 33.4 Å². The Bertz CT molecular complexity index is 664. The quantitative estimate of drug-likeness (QED) is 0.897. The van der Waals surface area contributed by atoms with E-state index in [1.165, 1.54) is 0 Å². The van der Waals surface area contributed by atoms with E-state index in [1.807, 2.05) is 24.3 Å². The number of anilines is 1. The lowest BCUT2D eigenvalue weighted by Crippen LogP contribution is -2.54. The second-order valence-electron chi connectivity index (χ2n) is 5.92. The molecule has 1 saturated heterocycles. The van der Waals surface area contributed by atoms with E-state index in [-0.39, 0.29) is 18.2 Å². The molecule has 1 saturated carbocycles.